The number of β-amino-alcohol motifs (C(OH)–C–C–N with tert-alkyl or cyclic N) is 1. The zero-order chi connectivity index (χ0) is 24.3. The standard InChI is InChI=1S/C23H25F3N4O3S/c1-15-27-20-12-19(6-7-21(20)34-15)33-14-18(31)13-29-8-10-30(11-9-29)28-22(32)16-2-4-17(5-3-16)23(24,25)26/h2-7,12,18,31H,8-11,13-14H2,1H3,(H,28,32)/t18-/m1/s1. The Kier molecular flexibility index (Phi) is 7.36. The van der Waals surface area contributed by atoms with Gasteiger partial charge in [-0.05, 0) is 43.3 Å². The van der Waals surface area contributed by atoms with Crippen molar-refractivity contribution in [2.45, 2.75) is 19.2 Å². The maximum absolute atomic E-state index is 12.7. The first-order chi connectivity index (χ1) is 16.2. The van der Waals surface area contributed by atoms with Crippen molar-refractivity contribution in [2.24, 2.45) is 0 Å². The number of aryl methyl sites for hydroxylation is 1. The van der Waals surface area contributed by atoms with Crippen LogP contribution in [0.1, 0.15) is 20.9 Å². The topological polar surface area (TPSA) is 77.9 Å². The Hall–Kier alpha value is -2.73. The first-order valence-corrected chi connectivity index (χ1v) is 11.6. The Bertz CT molecular complexity index is 1130. The van der Waals surface area contributed by atoms with E-state index in [0.717, 1.165) is 39.5 Å². The van der Waals surface area contributed by atoms with Gasteiger partial charge in [0, 0.05) is 44.4 Å². The molecule has 2 aromatic carbocycles. The average molecular weight is 495 g/mol. The van der Waals surface area contributed by atoms with E-state index in [-0.39, 0.29) is 12.2 Å². The van der Waals surface area contributed by atoms with Crippen LogP contribution < -0.4 is 10.2 Å². The summed E-state index contributed by atoms with van der Waals surface area (Å²) in [5, 5.41) is 13.1. The van der Waals surface area contributed by atoms with Crippen molar-refractivity contribution >= 4 is 27.5 Å². The summed E-state index contributed by atoms with van der Waals surface area (Å²) in [6, 6.07) is 9.81. The Morgan fingerprint density at radius 3 is 2.56 bits per heavy atom. The molecule has 11 heteroatoms. The van der Waals surface area contributed by atoms with Crippen molar-refractivity contribution in [3.8, 4) is 5.75 Å². The number of aliphatic hydroxyl groups excluding tert-OH is 1. The van der Waals surface area contributed by atoms with E-state index in [4.69, 9.17) is 4.74 Å². The number of carbonyl (C=O) groups is 1. The summed E-state index contributed by atoms with van der Waals surface area (Å²) in [5.41, 5.74) is 2.97. The van der Waals surface area contributed by atoms with E-state index in [2.05, 4.69) is 15.3 Å². The van der Waals surface area contributed by atoms with Crippen LogP contribution in [0.4, 0.5) is 13.2 Å². The summed E-state index contributed by atoms with van der Waals surface area (Å²) < 4.78 is 44.8. The second kappa shape index (κ2) is 10.3. The number of halogens is 3. The number of amides is 1. The van der Waals surface area contributed by atoms with E-state index >= 15 is 0 Å². The van der Waals surface area contributed by atoms with Gasteiger partial charge in [0.2, 0.25) is 0 Å². The number of nitrogens with one attached hydrogen (secondary N) is 1. The number of piperazine rings is 1. The SMILES string of the molecule is Cc1nc2cc(OC[C@H](O)CN3CCN(NC(=O)c4ccc(C(F)(F)F)cc4)CC3)ccc2s1. The number of fused-ring (bicyclic) bond motifs is 1. The van der Waals surface area contributed by atoms with Gasteiger partial charge in [-0.3, -0.25) is 15.1 Å². The minimum Gasteiger partial charge on any atom is -0.491 e. The molecule has 2 heterocycles. The number of aromatic nitrogens is 1. The van der Waals surface area contributed by atoms with Gasteiger partial charge < -0.3 is 9.84 Å². The van der Waals surface area contributed by atoms with Crippen LogP contribution in [0.25, 0.3) is 10.2 Å². The lowest BCUT2D eigenvalue weighted by Gasteiger charge is -2.35. The molecule has 1 aromatic heterocycles. The van der Waals surface area contributed by atoms with Gasteiger partial charge in [0.1, 0.15) is 18.5 Å². The number of aliphatic hydroxyl groups is 1. The van der Waals surface area contributed by atoms with Crippen LogP contribution in [0.2, 0.25) is 0 Å². The van der Waals surface area contributed by atoms with E-state index in [1.807, 2.05) is 25.1 Å². The van der Waals surface area contributed by atoms with E-state index in [0.29, 0.717) is 38.5 Å². The molecule has 0 aliphatic carbocycles. The van der Waals surface area contributed by atoms with Crippen LogP contribution in [0, 0.1) is 6.92 Å². The lowest BCUT2D eigenvalue weighted by molar-refractivity contribution is -0.137. The van der Waals surface area contributed by atoms with Crippen LogP contribution in [-0.2, 0) is 6.18 Å². The number of carbonyl (C=O) groups excluding carboxylic acids is 1. The largest absolute Gasteiger partial charge is 0.491 e. The molecule has 7 nitrogen and oxygen atoms in total. The third-order valence-electron chi connectivity index (χ3n) is 5.48. The normalized spacial score (nSPS) is 16.5. The average Bonchev–Trinajstić information content (AvgIpc) is 3.18. The first-order valence-electron chi connectivity index (χ1n) is 10.8. The smallest absolute Gasteiger partial charge is 0.416 e. The van der Waals surface area contributed by atoms with Gasteiger partial charge in [0.25, 0.3) is 5.91 Å². The van der Waals surface area contributed by atoms with Crippen LogP contribution in [0.5, 0.6) is 5.75 Å². The molecule has 4 rings (SSSR count). The molecule has 1 atom stereocenters. The fourth-order valence-corrected chi connectivity index (χ4v) is 4.52. The molecule has 0 bridgehead atoms. The lowest BCUT2D eigenvalue weighted by atomic mass is 10.1. The predicted molar refractivity (Wildman–Crippen MR) is 123 cm³/mol. The van der Waals surface area contributed by atoms with Crippen LogP contribution in [0.15, 0.2) is 42.5 Å². The van der Waals surface area contributed by atoms with Crippen LogP contribution in [-0.4, -0.2) is 71.3 Å². The highest BCUT2D eigenvalue weighted by atomic mass is 32.1. The number of ether oxygens (including phenoxy) is 1. The molecular formula is C23H25F3N4O3S. The predicted octanol–water partition coefficient (Wildman–Crippen LogP) is 3.33. The first kappa shape index (κ1) is 24.4. The molecule has 0 unspecified atom stereocenters. The Morgan fingerprint density at radius 2 is 1.88 bits per heavy atom. The van der Waals surface area contributed by atoms with Gasteiger partial charge in [-0.1, -0.05) is 0 Å². The monoisotopic (exact) mass is 494 g/mol. The van der Waals surface area contributed by atoms with E-state index in [1.54, 1.807) is 16.3 Å². The van der Waals surface area contributed by atoms with Gasteiger partial charge in [-0.2, -0.15) is 13.2 Å². The molecule has 1 fully saturated rings. The molecule has 182 valence electrons. The van der Waals surface area contributed by atoms with Crippen LogP contribution in [0.3, 0.4) is 0 Å². The number of hydrazine groups is 1. The number of rotatable bonds is 7. The minimum atomic E-state index is -4.44. The number of alkyl halides is 3. The van der Waals surface area contributed by atoms with E-state index in [1.165, 1.54) is 0 Å². The summed E-state index contributed by atoms with van der Waals surface area (Å²) in [4.78, 5) is 18.8. The van der Waals surface area contributed by atoms with Crippen molar-refractivity contribution in [1.29, 1.82) is 0 Å². The van der Waals surface area contributed by atoms with Crippen molar-refractivity contribution < 1.29 is 27.8 Å². The molecule has 1 saturated heterocycles. The molecule has 1 aliphatic heterocycles. The van der Waals surface area contributed by atoms with E-state index < -0.39 is 23.8 Å². The van der Waals surface area contributed by atoms with Crippen molar-refractivity contribution in [3.63, 3.8) is 0 Å². The Balaban J connectivity index is 1.19. The minimum absolute atomic E-state index is 0.152. The summed E-state index contributed by atoms with van der Waals surface area (Å²) in [7, 11) is 0. The maximum atomic E-state index is 12.7. The van der Waals surface area contributed by atoms with Crippen LogP contribution >= 0.6 is 11.3 Å². The summed E-state index contributed by atoms with van der Waals surface area (Å²) >= 11 is 1.62. The molecular weight excluding hydrogens is 469 g/mol. The number of nitrogens with zero attached hydrogens (tertiary/aromatic N) is 3. The highest BCUT2D eigenvalue weighted by Gasteiger charge is 2.30. The molecule has 1 aliphatic rings. The summed E-state index contributed by atoms with van der Waals surface area (Å²) in [6.45, 7) is 4.83. The molecule has 34 heavy (non-hydrogen) atoms. The number of benzene rings is 2. The molecule has 3 aromatic rings. The molecule has 0 saturated carbocycles. The van der Waals surface area contributed by atoms with E-state index in [9.17, 15) is 23.1 Å². The molecule has 0 radical (unpaired) electrons. The van der Waals surface area contributed by atoms with Crippen molar-refractivity contribution in [1.82, 2.24) is 20.3 Å². The zero-order valence-electron chi connectivity index (χ0n) is 18.5. The Labute approximate surface area is 198 Å². The van der Waals surface area contributed by atoms with Gasteiger partial charge >= 0.3 is 6.18 Å². The summed E-state index contributed by atoms with van der Waals surface area (Å²) in [6.07, 6.45) is -5.12. The Morgan fingerprint density at radius 1 is 1.18 bits per heavy atom. The quantitative estimate of drug-likeness (QED) is 0.525. The second-order valence-corrected chi connectivity index (χ2v) is 9.37. The summed E-state index contributed by atoms with van der Waals surface area (Å²) in [5.74, 6) is 0.204. The third-order valence-corrected chi connectivity index (χ3v) is 6.44. The molecule has 1 amide bonds. The number of thiazole rings is 1. The van der Waals surface area contributed by atoms with Crippen molar-refractivity contribution in [2.75, 3.05) is 39.3 Å². The van der Waals surface area contributed by atoms with Gasteiger partial charge in [-0.25, -0.2) is 9.99 Å². The number of hydrogen-bond donors (Lipinski definition) is 2. The molecule has 2 N–H and O–H groups in total. The van der Waals surface area contributed by atoms with Gasteiger partial charge in [-0.15, -0.1) is 11.3 Å². The van der Waals surface area contributed by atoms with Gasteiger partial charge in [0.05, 0.1) is 20.8 Å². The fourth-order valence-electron chi connectivity index (χ4n) is 3.72. The third kappa shape index (κ3) is 6.23. The highest BCUT2D eigenvalue weighted by Crippen LogP contribution is 2.29. The maximum Gasteiger partial charge on any atom is 0.416 e. The van der Waals surface area contributed by atoms with Gasteiger partial charge in [0.15, 0.2) is 0 Å². The second-order valence-electron chi connectivity index (χ2n) is 8.13. The zero-order valence-corrected chi connectivity index (χ0v) is 19.3. The highest BCUT2D eigenvalue weighted by molar-refractivity contribution is 7.18. The fraction of sp³-hybridized carbons (Fsp3) is 0.391. The lowest BCUT2D eigenvalue weighted by Crippen LogP contribution is -2.54. The number of hydrogen-bond acceptors (Lipinski definition) is 7. The van der Waals surface area contributed by atoms with Crippen molar-refractivity contribution in [3.05, 3.63) is 58.6 Å². The molecule has 0 spiro atoms.